The van der Waals surface area contributed by atoms with E-state index in [1.165, 1.54) is 19.3 Å². The van der Waals surface area contributed by atoms with Crippen molar-refractivity contribution in [1.82, 2.24) is 0 Å². The molecule has 1 saturated carbocycles. The number of halogens is 1. The Morgan fingerprint density at radius 3 is 2.09 bits per heavy atom. The lowest BCUT2D eigenvalue weighted by molar-refractivity contribution is 0.122. The highest BCUT2D eigenvalue weighted by Crippen LogP contribution is 2.44. The second kappa shape index (κ2) is 13.2. The lowest BCUT2D eigenvalue weighted by Crippen LogP contribution is -2.45. The van der Waals surface area contributed by atoms with E-state index in [1.807, 2.05) is 4.99 Å². The molecular formula is C28H55BrO3Si2. The Hall–Kier alpha value is 0.274. The Kier molecular flexibility index (Phi) is 12.5. The quantitative estimate of drug-likeness (QED) is 0.143. The number of allylic oxidation sites excluding steroid dienone is 1. The van der Waals surface area contributed by atoms with Crippen molar-refractivity contribution in [3.8, 4) is 0 Å². The van der Waals surface area contributed by atoms with Gasteiger partial charge in [0, 0.05) is 5.92 Å². The van der Waals surface area contributed by atoms with Crippen LogP contribution >= 0.6 is 15.9 Å². The zero-order chi connectivity index (χ0) is 26.4. The smallest absolute Gasteiger partial charge is 0.192 e. The van der Waals surface area contributed by atoms with Crippen molar-refractivity contribution >= 4 is 32.6 Å². The number of aliphatic hydroxyl groups excluding tert-OH is 1. The summed E-state index contributed by atoms with van der Waals surface area (Å²) < 4.78 is 13.8. The maximum absolute atomic E-state index is 11.0. The first kappa shape index (κ1) is 32.3. The zero-order valence-electron chi connectivity index (χ0n) is 24.1. The van der Waals surface area contributed by atoms with Gasteiger partial charge in [0.1, 0.15) is 0 Å². The number of rotatable bonds is 12. The van der Waals surface area contributed by atoms with Crippen molar-refractivity contribution in [2.24, 2.45) is 11.8 Å². The first-order valence-corrected chi connectivity index (χ1v) is 20.2. The maximum atomic E-state index is 11.0. The second-order valence-electron chi connectivity index (χ2n) is 13.4. The van der Waals surface area contributed by atoms with Gasteiger partial charge in [-0.2, -0.15) is 0 Å². The molecule has 0 saturated heterocycles. The Bertz CT molecular complexity index is 662. The summed E-state index contributed by atoms with van der Waals surface area (Å²) in [5, 5.41) is 11.3. The van der Waals surface area contributed by atoms with Crippen LogP contribution in [0.15, 0.2) is 23.2 Å². The largest absolute Gasteiger partial charge is 0.413 e. The van der Waals surface area contributed by atoms with Gasteiger partial charge in [0.15, 0.2) is 16.6 Å². The summed E-state index contributed by atoms with van der Waals surface area (Å²) >= 11 is 3.42. The van der Waals surface area contributed by atoms with Gasteiger partial charge >= 0.3 is 0 Å². The van der Waals surface area contributed by atoms with Crippen LogP contribution in [0, 0.1) is 11.8 Å². The fourth-order valence-corrected chi connectivity index (χ4v) is 7.06. The van der Waals surface area contributed by atoms with Crippen molar-refractivity contribution in [3.63, 3.8) is 0 Å². The summed E-state index contributed by atoms with van der Waals surface area (Å²) in [6.45, 7) is 25.4. The number of aliphatic hydroxyl groups is 1. The van der Waals surface area contributed by atoms with Crippen molar-refractivity contribution in [2.75, 3.05) is 0 Å². The van der Waals surface area contributed by atoms with Crippen LogP contribution in [0.1, 0.15) is 87.0 Å². The van der Waals surface area contributed by atoms with Gasteiger partial charge in [-0.3, -0.25) is 0 Å². The van der Waals surface area contributed by atoms with E-state index in [4.69, 9.17) is 8.85 Å². The molecule has 0 aromatic carbocycles. The van der Waals surface area contributed by atoms with Crippen molar-refractivity contribution in [1.29, 1.82) is 0 Å². The molecule has 5 atom stereocenters. The minimum Gasteiger partial charge on any atom is -0.413 e. The number of unbranched alkanes of at least 4 members (excludes halogenated alkanes) is 2. The molecule has 0 spiro atoms. The number of hydrogen-bond acceptors (Lipinski definition) is 3. The molecular weight excluding hydrogens is 520 g/mol. The molecule has 34 heavy (non-hydrogen) atoms. The average Bonchev–Trinajstić information content (AvgIpc) is 2.95. The highest BCUT2D eigenvalue weighted by atomic mass is 79.9. The standard InChI is InChI=1S/C28H55BrO3Si2/c1-12-13-14-16-22(31-33(8,9)27(2,3)4)18-19-24-23(17-15-20-29)25(30)21-26(24)32-34(10,11)28(5,6)7/h15,18-20,22-26,30H,12-14,16-17,21H2,1-11H3/b19-18+,20-15?/t22?,23-,24-,25+,26-/m1/s1. The number of hydrogen-bond donors (Lipinski definition) is 1. The molecule has 1 rings (SSSR count). The van der Waals surface area contributed by atoms with Crippen molar-refractivity contribution in [2.45, 2.75) is 142 Å². The minimum absolute atomic E-state index is 0.0602. The van der Waals surface area contributed by atoms with Crippen LogP contribution < -0.4 is 0 Å². The Labute approximate surface area is 222 Å². The molecule has 0 heterocycles. The Balaban J connectivity index is 3.23. The summed E-state index contributed by atoms with van der Waals surface area (Å²) in [7, 11) is -3.82. The highest BCUT2D eigenvalue weighted by molar-refractivity contribution is 9.11. The van der Waals surface area contributed by atoms with Crippen LogP contribution in [0.5, 0.6) is 0 Å². The lowest BCUT2D eigenvalue weighted by atomic mass is 9.90. The first-order valence-electron chi connectivity index (χ1n) is 13.4. The molecule has 0 bridgehead atoms. The third kappa shape index (κ3) is 9.30. The van der Waals surface area contributed by atoms with Gasteiger partial charge in [-0.15, -0.1) is 0 Å². The SMILES string of the molecule is CCCCCC(/C=C/[C@@H]1[C@@H](CC=CBr)[C@@H](O)C[C@H]1O[Si](C)(C)C(C)(C)C)O[Si](C)(C)C(C)(C)C. The molecule has 0 aliphatic heterocycles. The van der Waals surface area contributed by atoms with Crippen LogP contribution in [0.4, 0.5) is 0 Å². The molecule has 1 fully saturated rings. The Morgan fingerprint density at radius 1 is 1.00 bits per heavy atom. The van der Waals surface area contributed by atoms with Crippen LogP contribution in [0.25, 0.3) is 0 Å². The van der Waals surface area contributed by atoms with Gasteiger partial charge in [0.05, 0.1) is 18.3 Å². The third-order valence-corrected chi connectivity index (χ3v) is 17.9. The molecule has 0 radical (unpaired) electrons. The molecule has 1 aliphatic rings. The van der Waals surface area contributed by atoms with E-state index >= 15 is 0 Å². The molecule has 200 valence electrons. The topological polar surface area (TPSA) is 38.7 Å². The van der Waals surface area contributed by atoms with Crippen molar-refractivity contribution < 1.29 is 14.0 Å². The average molecular weight is 576 g/mol. The predicted octanol–water partition coefficient (Wildman–Crippen LogP) is 9.20. The summed E-state index contributed by atoms with van der Waals surface area (Å²) in [6, 6.07) is 0. The minimum atomic E-state index is -1.94. The van der Waals surface area contributed by atoms with E-state index in [-0.39, 0.29) is 40.2 Å². The van der Waals surface area contributed by atoms with E-state index in [0.717, 1.165) is 12.8 Å². The normalized spacial score (nSPS) is 26.1. The molecule has 1 N–H and O–H groups in total. The first-order chi connectivity index (χ1) is 15.5. The van der Waals surface area contributed by atoms with Crippen LogP contribution in [-0.2, 0) is 8.85 Å². The van der Waals surface area contributed by atoms with E-state index < -0.39 is 16.6 Å². The molecule has 0 amide bonds. The van der Waals surface area contributed by atoms with Crippen LogP contribution in [0.2, 0.25) is 36.3 Å². The molecule has 1 aliphatic carbocycles. The zero-order valence-corrected chi connectivity index (χ0v) is 27.7. The third-order valence-electron chi connectivity index (χ3n) is 8.53. The summed E-state index contributed by atoms with van der Waals surface area (Å²) in [5.74, 6) is 0.369. The van der Waals surface area contributed by atoms with Gasteiger partial charge in [0.2, 0.25) is 0 Å². The van der Waals surface area contributed by atoms with Gasteiger partial charge in [-0.25, -0.2) is 0 Å². The van der Waals surface area contributed by atoms with Crippen LogP contribution in [0.3, 0.4) is 0 Å². The summed E-state index contributed by atoms with van der Waals surface area (Å²) in [6.07, 6.45) is 12.9. The molecule has 0 aromatic rings. The second-order valence-corrected chi connectivity index (χ2v) is 23.4. The van der Waals surface area contributed by atoms with Gasteiger partial charge < -0.3 is 14.0 Å². The van der Waals surface area contributed by atoms with E-state index in [9.17, 15) is 5.11 Å². The molecule has 6 heteroatoms. The molecule has 1 unspecified atom stereocenters. The molecule has 0 aromatic heterocycles. The maximum Gasteiger partial charge on any atom is 0.192 e. The summed E-state index contributed by atoms with van der Waals surface area (Å²) in [4.78, 5) is 1.91. The molecule has 3 nitrogen and oxygen atoms in total. The van der Waals surface area contributed by atoms with Gasteiger partial charge in [0.25, 0.3) is 0 Å². The monoisotopic (exact) mass is 574 g/mol. The lowest BCUT2D eigenvalue weighted by Gasteiger charge is -2.40. The highest BCUT2D eigenvalue weighted by Gasteiger charge is 2.47. The van der Waals surface area contributed by atoms with E-state index in [0.29, 0.717) is 6.42 Å². The van der Waals surface area contributed by atoms with Crippen molar-refractivity contribution in [3.05, 3.63) is 23.2 Å². The van der Waals surface area contributed by atoms with Crippen LogP contribution in [-0.4, -0.2) is 40.1 Å². The fourth-order valence-electron chi connectivity index (χ4n) is 4.17. The fraction of sp³-hybridized carbons (Fsp3) is 0.857. The van der Waals surface area contributed by atoms with Gasteiger partial charge in [-0.1, -0.05) is 102 Å². The van der Waals surface area contributed by atoms with E-state index in [1.54, 1.807) is 0 Å². The summed E-state index contributed by atoms with van der Waals surface area (Å²) in [5.41, 5.74) is 0. The Morgan fingerprint density at radius 2 is 1.59 bits per heavy atom. The van der Waals surface area contributed by atoms with E-state index in [2.05, 4.69) is 109 Å². The van der Waals surface area contributed by atoms with Gasteiger partial charge in [-0.05, 0) is 66.4 Å². The predicted molar refractivity (Wildman–Crippen MR) is 158 cm³/mol.